The number of fused-ring (bicyclic) bond motifs is 1. The van der Waals surface area contributed by atoms with Crippen molar-refractivity contribution in [2.45, 2.75) is 6.42 Å². The van der Waals surface area contributed by atoms with Crippen LogP contribution in [0, 0.1) is 5.82 Å². The molecule has 1 aliphatic heterocycles. The van der Waals surface area contributed by atoms with Crippen molar-refractivity contribution in [3.8, 4) is 17.0 Å². The zero-order chi connectivity index (χ0) is 24.0. The van der Waals surface area contributed by atoms with Gasteiger partial charge in [0.25, 0.3) is 0 Å². The number of morpholine rings is 1. The second kappa shape index (κ2) is 10.9. The molecule has 0 aliphatic carbocycles. The molecule has 3 aromatic heterocycles. The first-order chi connectivity index (χ1) is 17.2. The quantitative estimate of drug-likeness (QED) is 0.333. The van der Waals surface area contributed by atoms with Gasteiger partial charge in [-0.3, -0.25) is 9.88 Å². The Hall–Kier alpha value is -3.33. The Morgan fingerprint density at radius 1 is 1.09 bits per heavy atom. The third-order valence-corrected chi connectivity index (χ3v) is 6.06. The molecule has 0 bridgehead atoms. The third-order valence-electron chi connectivity index (χ3n) is 5.82. The number of hydrogen-bond acceptors (Lipinski definition) is 7. The standard InChI is InChI=1S/C26H25ClFN5O2/c27-18-4-5-21(28)20(15-18)24-16-23(19-3-1-7-30-26(19)32-24)31-22-6-8-29-17-25(22)35-12-2-9-33-10-13-34-14-11-33/h1,3-8,15-17H,2,9-14H2,(H,29,30,31,32). The fourth-order valence-electron chi connectivity index (χ4n) is 4.03. The Morgan fingerprint density at radius 3 is 2.86 bits per heavy atom. The number of halogens is 2. The average molecular weight is 494 g/mol. The SMILES string of the molecule is Fc1ccc(Cl)cc1-c1cc(Nc2ccncc2OCCCN2CCOCC2)c2cccnc2n1. The Balaban J connectivity index is 1.39. The summed E-state index contributed by atoms with van der Waals surface area (Å²) < 4.78 is 26.1. The topological polar surface area (TPSA) is 72.4 Å². The number of ether oxygens (including phenoxy) is 2. The van der Waals surface area contributed by atoms with Gasteiger partial charge >= 0.3 is 0 Å². The molecule has 180 valence electrons. The first-order valence-electron chi connectivity index (χ1n) is 11.5. The Morgan fingerprint density at radius 2 is 1.97 bits per heavy atom. The van der Waals surface area contributed by atoms with E-state index in [1.54, 1.807) is 30.7 Å². The summed E-state index contributed by atoms with van der Waals surface area (Å²) in [6.45, 7) is 5.01. The smallest absolute Gasteiger partial charge is 0.161 e. The number of hydrogen-bond donors (Lipinski definition) is 1. The number of rotatable bonds is 8. The molecule has 9 heteroatoms. The minimum atomic E-state index is -0.406. The van der Waals surface area contributed by atoms with Gasteiger partial charge < -0.3 is 14.8 Å². The minimum Gasteiger partial charge on any atom is -0.490 e. The maximum absolute atomic E-state index is 14.6. The van der Waals surface area contributed by atoms with Crippen molar-refractivity contribution in [1.82, 2.24) is 19.9 Å². The highest BCUT2D eigenvalue weighted by molar-refractivity contribution is 6.30. The molecule has 4 aromatic rings. The Kier molecular flexibility index (Phi) is 7.32. The molecule has 1 N–H and O–H groups in total. The number of nitrogens with one attached hydrogen (secondary N) is 1. The number of pyridine rings is 3. The maximum atomic E-state index is 14.6. The molecular formula is C26H25ClFN5O2. The van der Waals surface area contributed by atoms with Crippen LogP contribution in [0.15, 0.2) is 61.1 Å². The summed E-state index contributed by atoms with van der Waals surface area (Å²) in [5.41, 5.74) is 2.71. The van der Waals surface area contributed by atoms with E-state index in [0.29, 0.717) is 34.3 Å². The summed E-state index contributed by atoms with van der Waals surface area (Å²) in [6, 6.07) is 11.8. The highest BCUT2D eigenvalue weighted by Gasteiger charge is 2.14. The van der Waals surface area contributed by atoms with Gasteiger partial charge in [0, 0.05) is 48.0 Å². The van der Waals surface area contributed by atoms with E-state index in [0.717, 1.165) is 56.0 Å². The van der Waals surface area contributed by atoms with E-state index in [4.69, 9.17) is 21.1 Å². The van der Waals surface area contributed by atoms with E-state index in [-0.39, 0.29) is 0 Å². The third kappa shape index (κ3) is 5.67. The van der Waals surface area contributed by atoms with Gasteiger partial charge in [0.1, 0.15) is 5.82 Å². The van der Waals surface area contributed by atoms with E-state index < -0.39 is 5.82 Å². The summed E-state index contributed by atoms with van der Waals surface area (Å²) >= 11 is 6.13. The van der Waals surface area contributed by atoms with Crippen LogP contribution in [0.1, 0.15) is 6.42 Å². The van der Waals surface area contributed by atoms with E-state index >= 15 is 0 Å². The molecule has 1 aromatic carbocycles. The van der Waals surface area contributed by atoms with Crippen LogP contribution in [-0.4, -0.2) is 59.3 Å². The van der Waals surface area contributed by atoms with Gasteiger partial charge in [0.2, 0.25) is 0 Å². The molecule has 0 unspecified atom stereocenters. The first-order valence-corrected chi connectivity index (χ1v) is 11.9. The lowest BCUT2D eigenvalue weighted by Gasteiger charge is -2.26. The van der Waals surface area contributed by atoms with Crippen LogP contribution in [-0.2, 0) is 4.74 Å². The second-order valence-corrected chi connectivity index (χ2v) is 8.64. The van der Waals surface area contributed by atoms with Gasteiger partial charge in [-0.2, -0.15) is 0 Å². The Bertz CT molecular complexity index is 1320. The van der Waals surface area contributed by atoms with Crippen molar-refractivity contribution in [3.05, 3.63) is 71.9 Å². The molecule has 1 saturated heterocycles. The van der Waals surface area contributed by atoms with Crippen LogP contribution in [0.3, 0.4) is 0 Å². The van der Waals surface area contributed by atoms with Gasteiger partial charge in [-0.25, -0.2) is 14.4 Å². The van der Waals surface area contributed by atoms with Crippen LogP contribution in [0.2, 0.25) is 5.02 Å². The molecule has 0 atom stereocenters. The van der Waals surface area contributed by atoms with Crippen molar-refractivity contribution < 1.29 is 13.9 Å². The van der Waals surface area contributed by atoms with Gasteiger partial charge in [-0.15, -0.1) is 0 Å². The van der Waals surface area contributed by atoms with Gasteiger partial charge in [0.15, 0.2) is 11.4 Å². The van der Waals surface area contributed by atoms with Crippen LogP contribution in [0.5, 0.6) is 5.75 Å². The summed E-state index contributed by atoms with van der Waals surface area (Å²) in [6.07, 6.45) is 5.94. The lowest BCUT2D eigenvalue weighted by Crippen LogP contribution is -2.37. The van der Waals surface area contributed by atoms with Gasteiger partial charge in [-0.1, -0.05) is 11.6 Å². The predicted molar refractivity (Wildman–Crippen MR) is 135 cm³/mol. The molecule has 0 spiro atoms. The fraction of sp³-hybridized carbons (Fsp3) is 0.269. The van der Waals surface area contributed by atoms with E-state index in [1.165, 1.54) is 12.1 Å². The average Bonchev–Trinajstić information content (AvgIpc) is 2.89. The maximum Gasteiger partial charge on any atom is 0.161 e. The van der Waals surface area contributed by atoms with E-state index in [1.807, 2.05) is 18.2 Å². The highest BCUT2D eigenvalue weighted by atomic mass is 35.5. The molecular weight excluding hydrogens is 469 g/mol. The summed E-state index contributed by atoms with van der Waals surface area (Å²) in [4.78, 5) is 15.6. The van der Waals surface area contributed by atoms with Crippen molar-refractivity contribution in [2.75, 3.05) is 44.8 Å². The van der Waals surface area contributed by atoms with Crippen molar-refractivity contribution in [3.63, 3.8) is 0 Å². The van der Waals surface area contributed by atoms with Gasteiger partial charge in [0.05, 0.1) is 43.1 Å². The molecule has 4 heterocycles. The van der Waals surface area contributed by atoms with Crippen molar-refractivity contribution >= 4 is 34.0 Å². The monoisotopic (exact) mass is 493 g/mol. The lowest BCUT2D eigenvalue weighted by molar-refractivity contribution is 0.0358. The number of benzene rings is 1. The highest BCUT2D eigenvalue weighted by Crippen LogP contribution is 2.34. The molecule has 0 radical (unpaired) electrons. The summed E-state index contributed by atoms with van der Waals surface area (Å²) in [5, 5.41) is 4.65. The molecule has 7 nitrogen and oxygen atoms in total. The molecule has 35 heavy (non-hydrogen) atoms. The molecule has 5 rings (SSSR count). The van der Waals surface area contributed by atoms with Gasteiger partial charge in [-0.05, 0) is 48.9 Å². The largest absolute Gasteiger partial charge is 0.490 e. The summed E-state index contributed by atoms with van der Waals surface area (Å²) in [5.74, 6) is 0.232. The molecule has 0 amide bonds. The number of aromatic nitrogens is 3. The van der Waals surface area contributed by atoms with Crippen LogP contribution < -0.4 is 10.1 Å². The van der Waals surface area contributed by atoms with Crippen molar-refractivity contribution in [1.29, 1.82) is 0 Å². The first kappa shape index (κ1) is 23.4. The zero-order valence-corrected chi connectivity index (χ0v) is 19.8. The lowest BCUT2D eigenvalue weighted by atomic mass is 10.1. The van der Waals surface area contributed by atoms with E-state index in [2.05, 4.69) is 25.2 Å². The molecule has 1 aliphatic rings. The second-order valence-electron chi connectivity index (χ2n) is 8.21. The summed E-state index contributed by atoms with van der Waals surface area (Å²) in [7, 11) is 0. The van der Waals surface area contributed by atoms with E-state index in [9.17, 15) is 4.39 Å². The minimum absolute atomic E-state index is 0.308. The Labute approximate surface area is 207 Å². The number of nitrogens with zero attached hydrogens (tertiary/aromatic N) is 4. The predicted octanol–water partition coefficient (Wildman–Crippen LogP) is 5.33. The number of anilines is 2. The zero-order valence-electron chi connectivity index (χ0n) is 19.1. The van der Waals surface area contributed by atoms with Crippen molar-refractivity contribution in [2.24, 2.45) is 0 Å². The normalized spacial score (nSPS) is 14.2. The molecule has 1 fully saturated rings. The van der Waals surface area contributed by atoms with Crippen LogP contribution >= 0.6 is 11.6 Å². The van der Waals surface area contributed by atoms with Crippen LogP contribution in [0.25, 0.3) is 22.3 Å². The van der Waals surface area contributed by atoms with Crippen LogP contribution in [0.4, 0.5) is 15.8 Å². The fourth-order valence-corrected chi connectivity index (χ4v) is 4.20. The molecule has 0 saturated carbocycles.